The van der Waals surface area contributed by atoms with Crippen LogP contribution < -0.4 is 5.32 Å². The standard InChI is InChI=1S/C11H11FN2O2/c12-8-1-2-9(7(3-8)4-13)14-10-5-16-6-11(10)15/h1-3,10-11,14-15H,5-6H2. The Hall–Kier alpha value is -1.64. The van der Waals surface area contributed by atoms with E-state index in [1.807, 2.05) is 6.07 Å². The van der Waals surface area contributed by atoms with Crippen molar-refractivity contribution in [2.45, 2.75) is 12.1 Å². The maximum Gasteiger partial charge on any atom is 0.124 e. The Morgan fingerprint density at radius 1 is 1.50 bits per heavy atom. The first-order valence-corrected chi connectivity index (χ1v) is 4.92. The van der Waals surface area contributed by atoms with E-state index in [1.54, 1.807) is 0 Å². The minimum atomic E-state index is -0.600. The third-order valence-electron chi connectivity index (χ3n) is 2.49. The number of nitrogens with one attached hydrogen (secondary N) is 1. The van der Waals surface area contributed by atoms with Crippen molar-refractivity contribution in [3.63, 3.8) is 0 Å². The van der Waals surface area contributed by atoms with Gasteiger partial charge in [0.2, 0.25) is 0 Å². The van der Waals surface area contributed by atoms with Crippen molar-refractivity contribution >= 4 is 5.69 Å². The number of benzene rings is 1. The Kier molecular flexibility index (Phi) is 3.04. The molecule has 1 aromatic rings. The van der Waals surface area contributed by atoms with Gasteiger partial charge in [0.15, 0.2) is 0 Å². The second kappa shape index (κ2) is 4.47. The molecule has 1 heterocycles. The van der Waals surface area contributed by atoms with Gasteiger partial charge in [-0.1, -0.05) is 0 Å². The quantitative estimate of drug-likeness (QED) is 0.779. The van der Waals surface area contributed by atoms with Gasteiger partial charge in [-0.05, 0) is 18.2 Å². The number of rotatable bonds is 2. The maximum atomic E-state index is 12.9. The molecule has 84 valence electrons. The fourth-order valence-corrected chi connectivity index (χ4v) is 1.62. The van der Waals surface area contributed by atoms with Crippen LogP contribution >= 0.6 is 0 Å². The molecule has 16 heavy (non-hydrogen) atoms. The Morgan fingerprint density at radius 3 is 2.94 bits per heavy atom. The van der Waals surface area contributed by atoms with Crippen LogP contribution in [0.5, 0.6) is 0 Å². The highest BCUT2D eigenvalue weighted by Gasteiger charge is 2.26. The van der Waals surface area contributed by atoms with Crippen molar-refractivity contribution in [2.75, 3.05) is 18.5 Å². The summed E-state index contributed by atoms with van der Waals surface area (Å²) in [7, 11) is 0. The number of hydrogen-bond acceptors (Lipinski definition) is 4. The highest BCUT2D eigenvalue weighted by Crippen LogP contribution is 2.19. The molecule has 2 rings (SSSR count). The molecule has 5 heteroatoms. The van der Waals surface area contributed by atoms with E-state index in [2.05, 4.69) is 5.32 Å². The summed E-state index contributed by atoms with van der Waals surface area (Å²) in [6.45, 7) is 0.657. The van der Waals surface area contributed by atoms with Gasteiger partial charge in [-0.3, -0.25) is 0 Å². The van der Waals surface area contributed by atoms with Gasteiger partial charge in [0, 0.05) is 0 Å². The SMILES string of the molecule is N#Cc1cc(F)ccc1NC1COCC1O. The summed E-state index contributed by atoms with van der Waals surface area (Å²) in [5, 5.41) is 21.3. The number of anilines is 1. The third kappa shape index (κ3) is 2.13. The van der Waals surface area contributed by atoms with Crippen LogP contribution in [0.3, 0.4) is 0 Å². The second-order valence-corrected chi connectivity index (χ2v) is 3.66. The zero-order valence-electron chi connectivity index (χ0n) is 8.48. The molecule has 0 aromatic heterocycles. The van der Waals surface area contributed by atoms with E-state index < -0.39 is 11.9 Å². The predicted molar refractivity (Wildman–Crippen MR) is 55.4 cm³/mol. The molecule has 1 aliphatic rings. The van der Waals surface area contributed by atoms with E-state index in [1.165, 1.54) is 12.1 Å². The summed E-state index contributed by atoms with van der Waals surface area (Å²) in [5.74, 6) is -0.453. The first-order chi connectivity index (χ1) is 7.70. The van der Waals surface area contributed by atoms with Crippen LogP contribution in [0.15, 0.2) is 18.2 Å². The minimum Gasteiger partial charge on any atom is -0.388 e. The highest BCUT2D eigenvalue weighted by atomic mass is 19.1. The molecule has 1 fully saturated rings. The Bertz CT molecular complexity index is 430. The van der Waals surface area contributed by atoms with Crippen LogP contribution in [-0.2, 0) is 4.74 Å². The lowest BCUT2D eigenvalue weighted by atomic mass is 10.1. The lowest BCUT2D eigenvalue weighted by Crippen LogP contribution is -2.32. The lowest BCUT2D eigenvalue weighted by molar-refractivity contribution is 0.125. The van der Waals surface area contributed by atoms with E-state index in [9.17, 15) is 9.50 Å². The van der Waals surface area contributed by atoms with E-state index in [0.29, 0.717) is 12.3 Å². The monoisotopic (exact) mass is 222 g/mol. The fraction of sp³-hybridized carbons (Fsp3) is 0.364. The van der Waals surface area contributed by atoms with Gasteiger partial charge < -0.3 is 15.2 Å². The zero-order valence-corrected chi connectivity index (χ0v) is 8.48. The molecule has 2 N–H and O–H groups in total. The first kappa shape index (κ1) is 10.9. The van der Waals surface area contributed by atoms with E-state index in [4.69, 9.17) is 10.00 Å². The summed E-state index contributed by atoms with van der Waals surface area (Å²) in [5.41, 5.74) is 0.734. The van der Waals surface area contributed by atoms with Crippen LogP contribution in [0.2, 0.25) is 0 Å². The molecule has 0 spiro atoms. The molecule has 2 unspecified atom stereocenters. The summed E-state index contributed by atoms with van der Waals surface area (Å²) in [6.07, 6.45) is -0.600. The molecular formula is C11H11FN2O2. The topological polar surface area (TPSA) is 65.3 Å². The molecule has 1 aromatic carbocycles. The van der Waals surface area contributed by atoms with Gasteiger partial charge in [-0.25, -0.2) is 4.39 Å². The molecule has 2 atom stereocenters. The maximum absolute atomic E-state index is 12.9. The molecule has 4 nitrogen and oxygen atoms in total. The molecular weight excluding hydrogens is 211 g/mol. The molecule has 0 saturated carbocycles. The fourth-order valence-electron chi connectivity index (χ4n) is 1.62. The summed E-state index contributed by atoms with van der Waals surface area (Å²) >= 11 is 0. The normalized spacial score (nSPS) is 24.1. The Labute approximate surface area is 92.3 Å². The number of aliphatic hydroxyl groups excluding tert-OH is 1. The number of hydrogen-bond donors (Lipinski definition) is 2. The van der Waals surface area contributed by atoms with Gasteiger partial charge >= 0.3 is 0 Å². The number of ether oxygens (including phenoxy) is 1. The minimum absolute atomic E-state index is 0.221. The van der Waals surface area contributed by atoms with Crippen LogP contribution in [0.1, 0.15) is 5.56 Å². The van der Waals surface area contributed by atoms with Gasteiger partial charge in [0.1, 0.15) is 11.9 Å². The lowest BCUT2D eigenvalue weighted by Gasteiger charge is -2.16. The van der Waals surface area contributed by atoms with Crippen molar-refractivity contribution < 1.29 is 14.2 Å². The van der Waals surface area contributed by atoms with Crippen LogP contribution in [0, 0.1) is 17.1 Å². The van der Waals surface area contributed by atoms with Crippen molar-refractivity contribution in [3.8, 4) is 6.07 Å². The number of aliphatic hydroxyl groups is 1. The summed E-state index contributed by atoms with van der Waals surface area (Å²) < 4.78 is 17.9. The van der Waals surface area contributed by atoms with Gasteiger partial charge in [-0.2, -0.15) is 5.26 Å². The van der Waals surface area contributed by atoms with E-state index in [-0.39, 0.29) is 18.2 Å². The van der Waals surface area contributed by atoms with Crippen molar-refractivity contribution in [2.24, 2.45) is 0 Å². The van der Waals surface area contributed by atoms with Crippen molar-refractivity contribution in [1.29, 1.82) is 5.26 Å². The second-order valence-electron chi connectivity index (χ2n) is 3.66. The van der Waals surface area contributed by atoms with Crippen molar-refractivity contribution in [1.82, 2.24) is 0 Å². The average molecular weight is 222 g/mol. The number of halogens is 1. The molecule has 1 aliphatic heterocycles. The molecule has 0 radical (unpaired) electrons. The summed E-state index contributed by atoms with van der Waals surface area (Å²) in [4.78, 5) is 0. The smallest absolute Gasteiger partial charge is 0.124 e. The summed E-state index contributed by atoms with van der Waals surface area (Å²) in [6, 6.07) is 5.56. The molecule has 0 bridgehead atoms. The van der Waals surface area contributed by atoms with Crippen LogP contribution in [0.4, 0.5) is 10.1 Å². The van der Waals surface area contributed by atoms with Crippen LogP contribution in [-0.4, -0.2) is 30.5 Å². The average Bonchev–Trinajstić information content (AvgIpc) is 2.67. The van der Waals surface area contributed by atoms with Gasteiger partial charge in [-0.15, -0.1) is 0 Å². The molecule has 0 amide bonds. The molecule has 1 saturated heterocycles. The van der Waals surface area contributed by atoms with Crippen LogP contribution in [0.25, 0.3) is 0 Å². The van der Waals surface area contributed by atoms with Gasteiger partial charge in [0.25, 0.3) is 0 Å². The number of nitriles is 1. The zero-order chi connectivity index (χ0) is 11.5. The Morgan fingerprint density at radius 2 is 2.31 bits per heavy atom. The van der Waals surface area contributed by atoms with E-state index >= 15 is 0 Å². The number of nitrogens with zero attached hydrogens (tertiary/aromatic N) is 1. The van der Waals surface area contributed by atoms with Crippen molar-refractivity contribution in [3.05, 3.63) is 29.6 Å². The molecule has 0 aliphatic carbocycles. The van der Waals surface area contributed by atoms with E-state index in [0.717, 1.165) is 6.07 Å². The predicted octanol–water partition coefficient (Wildman–Crippen LogP) is 0.869. The highest BCUT2D eigenvalue weighted by molar-refractivity contribution is 5.58. The van der Waals surface area contributed by atoms with Gasteiger partial charge in [0.05, 0.1) is 36.6 Å². The third-order valence-corrected chi connectivity index (χ3v) is 2.49. The largest absolute Gasteiger partial charge is 0.388 e. The Balaban J connectivity index is 2.18. The first-order valence-electron chi connectivity index (χ1n) is 4.92.